The number of rotatable bonds is 8. The van der Waals surface area contributed by atoms with Gasteiger partial charge in [0, 0.05) is 6.54 Å². The van der Waals surface area contributed by atoms with Gasteiger partial charge >= 0.3 is 0 Å². The van der Waals surface area contributed by atoms with Gasteiger partial charge in [0.2, 0.25) is 15.9 Å². The van der Waals surface area contributed by atoms with Crippen LogP contribution in [0.3, 0.4) is 0 Å². The second kappa shape index (κ2) is 8.82. The number of carbonyl (C=O) groups excluding carboxylic acids is 1. The molecule has 0 aromatic heterocycles. The van der Waals surface area contributed by atoms with Crippen LogP contribution in [0.5, 0.6) is 5.75 Å². The van der Waals surface area contributed by atoms with Crippen LogP contribution in [0, 0.1) is 0 Å². The second-order valence-electron chi connectivity index (χ2n) is 6.08. The van der Waals surface area contributed by atoms with E-state index in [9.17, 15) is 13.2 Å². The molecule has 1 atom stereocenters. The largest absolute Gasteiger partial charge is 0.497 e. The highest BCUT2D eigenvalue weighted by atomic mass is 32.2. The average Bonchev–Trinajstić information content (AvgIpc) is 2.61. The Labute approximate surface area is 154 Å². The van der Waals surface area contributed by atoms with Crippen molar-refractivity contribution in [2.24, 2.45) is 0 Å². The lowest BCUT2D eigenvalue weighted by Crippen LogP contribution is -2.40. The fourth-order valence-corrected chi connectivity index (χ4v) is 3.23. The van der Waals surface area contributed by atoms with Gasteiger partial charge in [-0.05, 0) is 30.2 Å². The number of nitrogens with zero attached hydrogens (tertiary/aromatic N) is 1. The minimum Gasteiger partial charge on any atom is -0.497 e. The maximum Gasteiger partial charge on any atom is 0.235 e. The van der Waals surface area contributed by atoms with Gasteiger partial charge in [0.25, 0.3) is 0 Å². The third-order valence-electron chi connectivity index (χ3n) is 3.98. The van der Waals surface area contributed by atoms with Gasteiger partial charge in [-0.1, -0.05) is 42.5 Å². The zero-order valence-corrected chi connectivity index (χ0v) is 16.0. The van der Waals surface area contributed by atoms with E-state index in [-0.39, 0.29) is 25.0 Å². The van der Waals surface area contributed by atoms with Crippen molar-refractivity contribution in [1.82, 2.24) is 9.62 Å². The highest BCUT2D eigenvalue weighted by Crippen LogP contribution is 2.15. The van der Waals surface area contributed by atoms with Crippen molar-refractivity contribution in [3.8, 4) is 5.75 Å². The van der Waals surface area contributed by atoms with Gasteiger partial charge in [0.05, 0.1) is 26.0 Å². The van der Waals surface area contributed by atoms with Crippen LogP contribution >= 0.6 is 0 Å². The van der Waals surface area contributed by atoms with Crippen molar-refractivity contribution in [2.45, 2.75) is 19.5 Å². The Balaban J connectivity index is 2.04. The summed E-state index contributed by atoms with van der Waals surface area (Å²) in [5, 5.41) is 2.84. The van der Waals surface area contributed by atoms with Gasteiger partial charge in [-0.15, -0.1) is 0 Å². The molecule has 1 amide bonds. The lowest BCUT2D eigenvalue weighted by atomic mass is 10.1. The number of methoxy groups -OCH3 is 1. The Morgan fingerprint density at radius 1 is 1.12 bits per heavy atom. The molecule has 0 saturated heterocycles. The van der Waals surface area contributed by atoms with Crippen LogP contribution in [0.4, 0.5) is 0 Å². The normalized spacial score (nSPS) is 12.6. The van der Waals surface area contributed by atoms with E-state index in [2.05, 4.69) is 5.32 Å². The number of sulfonamides is 1. The number of hydrogen-bond donors (Lipinski definition) is 1. The van der Waals surface area contributed by atoms with Crippen molar-refractivity contribution < 1.29 is 17.9 Å². The summed E-state index contributed by atoms with van der Waals surface area (Å²) in [6.45, 7) is 1.75. The smallest absolute Gasteiger partial charge is 0.235 e. The highest BCUT2D eigenvalue weighted by molar-refractivity contribution is 7.88. The molecule has 0 radical (unpaired) electrons. The van der Waals surface area contributed by atoms with Crippen molar-refractivity contribution in [1.29, 1.82) is 0 Å². The Bertz CT molecular complexity index is 820. The summed E-state index contributed by atoms with van der Waals surface area (Å²) in [6, 6.07) is 16.4. The number of carbonyl (C=O) groups is 1. The van der Waals surface area contributed by atoms with Gasteiger partial charge in [-0.25, -0.2) is 8.42 Å². The summed E-state index contributed by atoms with van der Waals surface area (Å²) in [4.78, 5) is 12.3. The molecule has 0 bridgehead atoms. The second-order valence-corrected chi connectivity index (χ2v) is 8.06. The molecule has 0 saturated carbocycles. The molecule has 26 heavy (non-hydrogen) atoms. The average molecular weight is 376 g/mol. The summed E-state index contributed by atoms with van der Waals surface area (Å²) in [7, 11) is -1.97. The van der Waals surface area contributed by atoms with Crippen LogP contribution in [-0.4, -0.2) is 38.5 Å². The van der Waals surface area contributed by atoms with Crippen molar-refractivity contribution in [2.75, 3.05) is 19.9 Å². The summed E-state index contributed by atoms with van der Waals surface area (Å²) in [5.74, 6) is 0.342. The predicted octanol–water partition coefficient (Wildman–Crippen LogP) is 2.33. The summed E-state index contributed by atoms with van der Waals surface area (Å²) in [6.07, 6.45) is 1.10. The summed E-state index contributed by atoms with van der Waals surface area (Å²) < 4.78 is 30.4. The molecule has 7 heteroatoms. The van der Waals surface area contributed by atoms with Gasteiger partial charge in [-0.2, -0.15) is 4.31 Å². The third-order valence-corrected chi connectivity index (χ3v) is 5.18. The first-order chi connectivity index (χ1) is 12.3. The van der Waals surface area contributed by atoms with Gasteiger partial charge in [-0.3, -0.25) is 4.79 Å². The van der Waals surface area contributed by atoms with Crippen molar-refractivity contribution >= 4 is 15.9 Å². The van der Waals surface area contributed by atoms with E-state index in [1.807, 2.05) is 37.3 Å². The first kappa shape index (κ1) is 19.9. The SMILES string of the molecule is COc1ccc(CN(CC(=O)NC(C)c2ccccc2)S(C)(=O)=O)cc1. The van der Waals surface area contributed by atoms with E-state index < -0.39 is 10.0 Å². The molecule has 0 aliphatic heterocycles. The summed E-state index contributed by atoms with van der Waals surface area (Å²) >= 11 is 0. The Morgan fingerprint density at radius 3 is 2.27 bits per heavy atom. The molecule has 6 nitrogen and oxygen atoms in total. The molecule has 0 spiro atoms. The summed E-state index contributed by atoms with van der Waals surface area (Å²) in [5.41, 5.74) is 1.74. The van der Waals surface area contributed by atoms with E-state index in [4.69, 9.17) is 4.74 Å². The molecule has 0 aliphatic carbocycles. The number of nitrogens with one attached hydrogen (secondary N) is 1. The molecular formula is C19H24N2O4S. The first-order valence-corrected chi connectivity index (χ1v) is 10.1. The molecule has 2 aromatic rings. The maximum atomic E-state index is 12.3. The van der Waals surface area contributed by atoms with E-state index >= 15 is 0 Å². The fourth-order valence-electron chi connectivity index (χ4n) is 2.50. The fraction of sp³-hybridized carbons (Fsp3) is 0.316. The minimum absolute atomic E-state index is 0.121. The molecule has 140 valence electrons. The van der Waals surface area contributed by atoms with Crippen LogP contribution in [0.25, 0.3) is 0 Å². The number of amides is 1. The number of benzene rings is 2. The Morgan fingerprint density at radius 2 is 1.73 bits per heavy atom. The van der Waals surface area contributed by atoms with E-state index in [1.165, 1.54) is 0 Å². The molecular weight excluding hydrogens is 352 g/mol. The first-order valence-electron chi connectivity index (χ1n) is 8.22. The molecule has 2 aromatic carbocycles. The third kappa shape index (κ3) is 5.86. The van der Waals surface area contributed by atoms with Gasteiger partial charge in [0.1, 0.15) is 5.75 Å². The Kier molecular flexibility index (Phi) is 6.76. The highest BCUT2D eigenvalue weighted by Gasteiger charge is 2.21. The zero-order valence-electron chi connectivity index (χ0n) is 15.2. The van der Waals surface area contributed by atoms with Gasteiger partial charge < -0.3 is 10.1 Å². The van der Waals surface area contributed by atoms with Crippen molar-refractivity contribution in [3.05, 3.63) is 65.7 Å². The lowest BCUT2D eigenvalue weighted by Gasteiger charge is -2.21. The van der Waals surface area contributed by atoms with Crippen LogP contribution < -0.4 is 10.1 Å². The van der Waals surface area contributed by atoms with Crippen LogP contribution in [-0.2, 0) is 21.4 Å². The van der Waals surface area contributed by atoms with Crippen molar-refractivity contribution in [3.63, 3.8) is 0 Å². The minimum atomic E-state index is -3.53. The molecule has 0 fully saturated rings. The predicted molar refractivity (Wildman–Crippen MR) is 101 cm³/mol. The maximum absolute atomic E-state index is 12.3. The molecule has 0 aliphatic rings. The van der Waals surface area contributed by atoms with Crippen LogP contribution in [0.1, 0.15) is 24.1 Å². The molecule has 2 rings (SSSR count). The topological polar surface area (TPSA) is 75.7 Å². The molecule has 1 unspecified atom stereocenters. The van der Waals surface area contributed by atoms with Gasteiger partial charge in [0.15, 0.2) is 0 Å². The zero-order chi connectivity index (χ0) is 19.2. The standard InChI is InChI=1S/C19H24N2O4S/c1-15(17-7-5-4-6-8-17)20-19(22)14-21(26(3,23)24)13-16-9-11-18(25-2)12-10-16/h4-12,15H,13-14H2,1-3H3,(H,20,22). The van der Waals surface area contributed by atoms with Crippen LogP contribution in [0.2, 0.25) is 0 Å². The number of ether oxygens (including phenoxy) is 1. The lowest BCUT2D eigenvalue weighted by molar-refractivity contribution is -0.122. The quantitative estimate of drug-likeness (QED) is 0.767. The van der Waals surface area contributed by atoms with E-state index in [0.717, 1.165) is 21.7 Å². The number of hydrogen-bond acceptors (Lipinski definition) is 4. The van der Waals surface area contributed by atoms with E-state index in [0.29, 0.717) is 5.75 Å². The Hall–Kier alpha value is -2.38. The molecule has 1 N–H and O–H groups in total. The molecule has 0 heterocycles. The van der Waals surface area contributed by atoms with E-state index in [1.54, 1.807) is 31.4 Å². The van der Waals surface area contributed by atoms with Crippen LogP contribution in [0.15, 0.2) is 54.6 Å². The monoisotopic (exact) mass is 376 g/mol.